The molecule has 1 aliphatic carbocycles. The SMILES string of the molecule is COc1cc(C(=O)C2CC2c2ccc(C)c(N)c2)cc(OC)c1OC. The lowest BCUT2D eigenvalue weighted by Crippen LogP contribution is -2.06. The summed E-state index contributed by atoms with van der Waals surface area (Å²) in [6, 6.07) is 9.45. The van der Waals surface area contributed by atoms with E-state index in [1.807, 2.05) is 19.1 Å². The first-order valence-electron chi connectivity index (χ1n) is 8.20. The quantitative estimate of drug-likeness (QED) is 0.642. The van der Waals surface area contributed by atoms with Crippen LogP contribution in [-0.2, 0) is 0 Å². The minimum atomic E-state index is -0.0371. The topological polar surface area (TPSA) is 70.8 Å². The first kappa shape index (κ1) is 17.1. The van der Waals surface area contributed by atoms with Crippen molar-refractivity contribution in [1.29, 1.82) is 0 Å². The lowest BCUT2D eigenvalue weighted by atomic mass is 10.0. The van der Waals surface area contributed by atoms with Crippen LogP contribution in [-0.4, -0.2) is 27.1 Å². The molecular formula is C20H23NO4. The van der Waals surface area contributed by atoms with Gasteiger partial charge in [-0.15, -0.1) is 0 Å². The lowest BCUT2D eigenvalue weighted by Gasteiger charge is -2.13. The van der Waals surface area contributed by atoms with Crippen LogP contribution in [0.3, 0.4) is 0 Å². The van der Waals surface area contributed by atoms with E-state index >= 15 is 0 Å². The number of nitrogen functional groups attached to an aromatic ring is 1. The largest absolute Gasteiger partial charge is 0.493 e. The third-order valence-corrected chi connectivity index (χ3v) is 4.81. The number of methoxy groups -OCH3 is 3. The summed E-state index contributed by atoms with van der Waals surface area (Å²) in [5.41, 5.74) is 9.51. The van der Waals surface area contributed by atoms with Crippen molar-refractivity contribution in [2.45, 2.75) is 19.3 Å². The summed E-state index contributed by atoms with van der Waals surface area (Å²) in [5, 5.41) is 0. The Labute approximate surface area is 147 Å². The van der Waals surface area contributed by atoms with Gasteiger partial charge < -0.3 is 19.9 Å². The zero-order valence-electron chi connectivity index (χ0n) is 15.0. The molecule has 3 rings (SSSR count). The molecule has 1 fully saturated rings. The molecule has 5 nitrogen and oxygen atoms in total. The number of hydrogen-bond donors (Lipinski definition) is 1. The predicted molar refractivity (Wildman–Crippen MR) is 96.9 cm³/mol. The van der Waals surface area contributed by atoms with Crippen LogP contribution in [0.5, 0.6) is 17.2 Å². The molecule has 0 spiro atoms. The first-order valence-corrected chi connectivity index (χ1v) is 8.20. The van der Waals surface area contributed by atoms with Gasteiger partial charge in [-0.1, -0.05) is 12.1 Å². The molecule has 2 atom stereocenters. The fourth-order valence-electron chi connectivity index (χ4n) is 3.18. The number of nitrogens with two attached hydrogens (primary N) is 1. The van der Waals surface area contributed by atoms with Crippen LogP contribution in [0.15, 0.2) is 30.3 Å². The number of rotatable bonds is 6. The standard InChI is InChI=1S/C20H23NO4/c1-11-5-6-12(7-16(11)21)14-10-15(14)19(22)13-8-17(23-2)20(25-4)18(9-13)24-3/h5-9,14-15H,10,21H2,1-4H3. The van der Waals surface area contributed by atoms with Crippen LogP contribution in [0.2, 0.25) is 0 Å². The van der Waals surface area contributed by atoms with Gasteiger partial charge in [-0.25, -0.2) is 0 Å². The number of aryl methyl sites for hydroxylation is 1. The van der Waals surface area contributed by atoms with E-state index in [1.54, 1.807) is 33.5 Å². The van der Waals surface area contributed by atoms with Crippen LogP contribution in [0.4, 0.5) is 5.69 Å². The highest BCUT2D eigenvalue weighted by Crippen LogP contribution is 2.50. The van der Waals surface area contributed by atoms with Gasteiger partial charge in [-0.05, 0) is 48.6 Å². The Kier molecular flexibility index (Phi) is 4.57. The van der Waals surface area contributed by atoms with E-state index in [0.717, 1.165) is 23.2 Å². The van der Waals surface area contributed by atoms with Crippen LogP contribution in [0, 0.1) is 12.8 Å². The highest BCUT2D eigenvalue weighted by Gasteiger charge is 2.44. The van der Waals surface area contributed by atoms with Gasteiger partial charge in [0.15, 0.2) is 17.3 Å². The number of benzene rings is 2. The van der Waals surface area contributed by atoms with E-state index in [-0.39, 0.29) is 17.6 Å². The van der Waals surface area contributed by atoms with Crippen molar-refractivity contribution in [3.05, 3.63) is 47.0 Å². The van der Waals surface area contributed by atoms with Crippen LogP contribution >= 0.6 is 0 Å². The molecule has 2 unspecified atom stereocenters. The van der Waals surface area contributed by atoms with Crippen LogP contribution < -0.4 is 19.9 Å². The van der Waals surface area contributed by atoms with Crippen LogP contribution in [0.25, 0.3) is 0 Å². The highest BCUT2D eigenvalue weighted by atomic mass is 16.5. The third kappa shape index (κ3) is 3.14. The number of carbonyl (C=O) groups is 1. The Morgan fingerprint density at radius 1 is 1.04 bits per heavy atom. The average Bonchev–Trinajstić information content (AvgIpc) is 3.42. The Balaban J connectivity index is 1.86. The Morgan fingerprint density at radius 2 is 1.68 bits per heavy atom. The molecule has 0 aromatic heterocycles. The zero-order chi connectivity index (χ0) is 18.1. The van der Waals surface area contributed by atoms with Gasteiger partial charge in [0.05, 0.1) is 21.3 Å². The van der Waals surface area contributed by atoms with Gasteiger partial charge in [0.1, 0.15) is 0 Å². The van der Waals surface area contributed by atoms with Gasteiger partial charge >= 0.3 is 0 Å². The molecule has 2 aromatic rings. The number of anilines is 1. The second-order valence-electron chi connectivity index (χ2n) is 6.34. The van der Waals surface area contributed by atoms with Crippen molar-refractivity contribution in [1.82, 2.24) is 0 Å². The Bertz CT molecular complexity index is 790. The maximum atomic E-state index is 12.9. The van der Waals surface area contributed by atoms with Crippen molar-refractivity contribution in [3.8, 4) is 17.2 Å². The summed E-state index contributed by atoms with van der Waals surface area (Å²) < 4.78 is 16.0. The average molecular weight is 341 g/mol. The van der Waals surface area contributed by atoms with E-state index in [0.29, 0.717) is 22.8 Å². The van der Waals surface area contributed by atoms with Crippen molar-refractivity contribution >= 4 is 11.5 Å². The minimum Gasteiger partial charge on any atom is -0.493 e. The molecule has 0 aliphatic heterocycles. The second kappa shape index (κ2) is 6.67. The van der Waals surface area contributed by atoms with Gasteiger partial charge in [0, 0.05) is 17.2 Å². The fraction of sp³-hybridized carbons (Fsp3) is 0.350. The number of hydrogen-bond acceptors (Lipinski definition) is 5. The normalized spacial score (nSPS) is 18.6. The molecular weight excluding hydrogens is 318 g/mol. The molecule has 0 heterocycles. The Hall–Kier alpha value is -2.69. The maximum Gasteiger partial charge on any atom is 0.203 e. The van der Waals surface area contributed by atoms with Gasteiger partial charge in [0.25, 0.3) is 0 Å². The number of Topliss-reactive ketones (excluding diaryl/α,β-unsaturated/α-hetero) is 1. The molecule has 132 valence electrons. The molecule has 1 aliphatic rings. The second-order valence-corrected chi connectivity index (χ2v) is 6.34. The molecule has 0 bridgehead atoms. The fourth-order valence-corrected chi connectivity index (χ4v) is 3.18. The van der Waals surface area contributed by atoms with E-state index in [1.165, 1.54) is 0 Å². The molecule has 5 heteroatoms. The van der Waals surface area contributed by atoms with Crippen molar-refractivity contribution in [2.75, 3.05) is 27.1 Å². The third-order valence-electron chi connectivity index (χ3n) is 4.81. The molecule has 2 aromatic carbocycles. The zero-order valence-corrected chi connectivity index (χ0v) is 15.0. The maximum absolute atomic E-state index is 12.9. The van der Waals surface area contributed by atoms with Gasteiger partial charge in [-0.3, -0.25) is 4.79 Å². The summed E-state index contributed by atoms with van der Waals surface area (Å²) in [6.07, 6.45) is 0.831. The summed E-state index contributed by atoms with van der Waals surface area (Å²) in [5.74, 6) is 1.73. The van der Waals surface area contributed by atoms with E-state index in [9.17, 15) is 4.79 Å². The monoisotopic (exact) mass is 341 g/mol. The van der Waals surface area contributed by atoms with E-state index < -0.39 is 0 Å². The predicted octanol–water partition coefficient (Wildman–Crippen LogP) is 3.59. The molecule has 0 radical (unpaired) electrons. The van der Waals surface area contributed by atoms with E-state index in [4.69, 9.17) is 19.9 Å². The molecule has 1 saturated carbocycles. The lowest BCUT2D eigenvalue weighted by molar-refractivity contribution is 0.0964. The molecule has 2 N–H and O–H groups in total. The number of ketones is 1. The highest BCUT2D eigenvalue weighted by molar-refractivity contribution is 6.01. The first-order chi connectivity index (χ1) is 12.0. The smallest absolute Gasteiger partial charge is 0.203 e. The Morgan fingerprint density at radius 3 is 2.20 bits per heavy atom. The van der Waals surface area contributed by atoms with Crippen molar-refractivity contribution in [3.63, 3.8) is 0 Å². The van der Waals surface area contributed by atoms with Gasteiger partial charge in [0.2, 0.25) is 5.75 Å². The van der Waals surface area contributed by atoms with Gasteiger partial charge in [-0.2, -0.15) is 0 Å². The summed E-state index contributed by atoms with van der Waals surface area (Å²) in [6.45, 7) is 1.98. The van der Waals surface area contributed by atoms with E-state index in [2.05, 4.69) is 6.07 Å². The number of carbonyl (C=O) groups excluding carboxylic acids is 1. The number of ether oxygens (including phenoxy) is 3. The molecule has 0 amide bonds. The van der Waals surface area contributed by atoms with Crippen molar-refractivity contribution < 1.29 is 19.0 Å². The molecule has 25 heavy (non-hydrogen) atoms. The summed E-state index contributed by atoms with van der Waals surface area (Å²) in [7, 11) is 4.63. The summed E-state index contributed by atoms with van der Waals surface area (Å²) >= 11 is 0. The summed E-state index contributed by atoms with van der Waals surface area (Å²) in [4.78, 5) is 12.9. The minimum absolute atomic E-state index is 0.0371. The van der Waals surface area contributed by atoms with Crippen LogP contribution in [0.1, 0.15) is 33.8 Å². The molecule has 0 saturated heterocycles. The van der Waals surface area contributed by atoms with Crippen molar-refractivity contribution in [2.24, 2.45) is 5.92 Å².